The van der Waals surface area contributed by atoms with Crippen LogP contribution in [-0.4, -0.2) is 54.4 Å². The molecule has 0 atom stereocenters. The number of amides is 1. The van der Waals surface area contributed by atoms with E-state index in [2.05, 4.69) is 25.3 Å². The topological polar surface area (TPSA) is 133 Å². The minimum atomic E-state index is -0.627. The van der Waals surface area contributed by atoms with Crippen LogP contribution in [0.25, 0.3) is 15.2 Å². The van der Waals surface area contributed by atoms with Crippen LogP contribution in [0.3, 0.4) is 0 Å². The third kappa shape index (κ3) is 8.86. The molecule has 4 aromatic rings. The highest BCUT2D eigenvalue weighted by Crippen LogP contribution is 2.30. The fraction of sp³-hybridized carbons (Fsp3) is 0.423. The maximum atomic E-state index is 13.9. The monoisotopic (exact) mass is 720 g/mol. The largest absolute Gasteiger partial charge is 0.496 e. The lowest BCUT2D eigenvalue weighted by Gasteiger charge is -2.14. The molecule has 0 aliphatic rings. The second kappa shape index (κ2) is 16.0. The Morgan fingerprint density at radius 3 is 2.34 bits per heavy atom. The highest BCUT2D eigenvalue weighted by atomic mass is 127. The number of benzene rings is 1. The van der Waals surface area contributed by atoms with Crippen LogP contribution in [0.1, 0.15) is 38.8 Å². The Morgan fingerprint density at radius 2 is 1.78 bits per heavy atom. The number of aliphatic hydroxyl groups excluding tert-OH is 1. The quantitative estimate of drug-likeness (QED) is 0.187. The summed E-state index contributed by atoms with van der Waals surface area (Å²) in [6.45, 7) is 8.50. The molecule has 11 nitrogen and oxygen atoms in total. The summed E-state index contributed by atoms with van der Waals surface area (Å²) in [4.78, 5) is 41.2. The Hall–Kier alpha value is -2.76. The number of fused-ring (bicyclic) bond motifs is 1. The number of hydrogen-bond donors (Lipinski definition) is 3. The molecule has 41 heavy (non-hydrogen) atoms. The lowest BCUT2D eigenvalue weighted by molar-refractivity contribution is -0.122. The van der Waals surface area contributed by atoms with Gasteiger partial charge >= 0.3 is 5.69 Å². The maximum absolute atomic E-state index is 13.9. The molecule has 0 spiro atoms. The van der Waals surface area contributed by atoms with Crippen molar-refractivity contribution in [3.63, 3.8) is 0 Å². The summed E-state index contributed by atoms with van der Waals surface area (Å²) in [5.41, 5.74) is -0.0138. The van der Waals surface area contributed by atoms with Gasteiger partial charge in [0.2, 0.25) is 5.91 Å². The summed E-state index contributed by atoms with van der Waals surface area (Å²) in [7, 11) is 4.98. The Morgan fingerprint density at radius 1 is 1.17 bits per heavy atom. The van der Waals surface area contributed by atoms with Crippen LogP contribution in [0.15, 0.2) is 40.2 Å². The number of carbonyl (C=O) groups is 1. The number of methoxy groups -OCH3 is 1. The Kier molecular flexibility index (Phi) is 13.5. The fourth-order valence-electron chi connectivity index (χ4n) is 3.92. The standard InChI is InChI=1S/C23H25FN6O4S.C3H8O.HIS/c1-13(2)27-18(31)12-29-20(32)19-14(3)21(30-25-8-9-26-30)35-22(19)28(23(29)33)10-7-15-11-16(24)5-6-17(15)34-4;1-3(2)4;1-2/h5-6,8-9,11,13H,7,10,12H2,1-4H3,(H,27,31);3-4H,1-2H3;2H. The number of nitrogens with zero attached hydrogens (tertiary/aromatic N) is 5. The number of aryl methyl sites for hydroxylation is 3. The van der Waals surface area contributed by atoms with Gasteiger partial charge in [-0.15, -0.1) is 14.6 Å². The van der Waals surface area contributed by atoms with Gasteiger partial charge in [-0.05, 0) is 86.0 Å². The molecule has 3 aromatic heterocycles. The first kappa shape index (κ1) is 34.4. The van der Waals surface area contributed by atoms with Crippen LogP contribution in [0, 0.1) is 12.7 Å². The van der Waals surface area contributed by atoms with E-state index in [1.165, 1.54) is 58.4 Å². The number of nitrogens with one attached hydrogen (secondary N) is 1. The molecule has 0 radical (unpaired) electrons. The Labute approximate surface area is 258 Å². The molecule has 15 heteroatoms. The van der Waals surface area contributed by atoms with Gasteiger partial charge in [-0.3, -0.25) is 18.7 Å². The normalized spacial score (nSPS) is 10.7. The van der Waals surface area contributed by atoms with E-state index in [1.54, 1.807) is 34.6 Å². The third-order valence-electron chi connectivity index (χ3n) is 5.47. The average molecular weight is 721 g/mol. The van der Waals surface area contributed by atoms with Crippen molar-refractivity contribution in [2.45, 2.75) is 66.3 Å². The van der Waals surface area contributed by atoms with Crippen molar-refractivity contribution in [1.82, 2.24) is 29.4 Å². The molecule has 1 aromatic carbocycles. The van der Waals surface area contributed by atoms with Crippen molar-refractivity contribution >= 4 is 58.5 Å². The van der Waals surface area contributed by atoms with Crippen LogP contribution in [0.2, 0.25) is 0 Å². The molecule has 0 unspecified atom stereocenters. The van der Waals surface area contributed by atoms with Gasteiger partial charge in [0, 0.05) is 24.3 Å². The molecule has 0 fully saturated rings. The van der Waals surface area contributed by atoms with E-state index in [1.807, 2.05) is 21.2 Å². The van der Waals surface area contributed by atoms with Crippen LogP contribution < -0.4 is 21.3 Å². The van der Waals surface area contributed by atoms with Gasteiger partial charge in [0.25, 0.3) is 5.56 Å². The Balaban J connectivity index is 0.000000902. The van der Waals surface area contributed by atoms with Gasteiger partial charge in [0.15, 0.2) is 0 Å². The van der Waals surface area contributed by atoms with Crippen LogP contribution >= 0.6 is 42.3 Å². The van der Waals surface area contributed by atoms with E-state index in [9.17, 15) is 18.8 Å². The number of carbonyl (C=O) groups excluding carboxylic acids is 1. The van der Waals surface area contributed by atoms with Gasteiger partial charge in [0.1, 0.15) is 27.9 Å². The summed E-state index contributed by atoms with van der Waals surface area (Å²) < 4.78 is 21.6. The number of rotatable bonds is 8. The number of aliphatic hydroxyl groups is 1. The van der Waals surface area contributed by atoms with Crippen molar-refractivity contribution < 1.29 is 19.0 Å². The summed E-state index contributed by atoms with van der Waals surface area (Å²) in [6.07, 6.45) is 3.13. The van der Waals surface area contributed by atoms with E-state index in [-0.39, 0.29) is 25.1 Å². The minimum absolute atomic E-state index is 0.132. The highest BCUT2D eigenvalue weighted by molar-refractivity contribution is 14.2. The number of halogens is 2. The van der Waals surface area contributed by atoms with Gasteiger partial charge in [-0.2, -0.15) is 10.2 Å². The zero-order valence-corrected chi connectivity index (χ0v) is 27.5. The lowest BCUT2D eigenvalue weighted by atomic mass is 10.1. The Bertz CT molecular complexity index is 1560. The lowest BCUT2D eigenvalue weighted by Crippen LogP contribution is -2.44. The third-order valence-corrected chi connectivity index (χ3v) is 6.75. The predicted molar refractivity (Wildman–Crippen MR) is 170 cm³/mol. The first-order valence-corrected chi connectivity index (χ1v) is 16.6. The SMILES string of the molecule is CC(C)O.COc1ccc(F)cc1CCn1c(=O)n(CC(=O)NC(C)C)c(=O)c2c(C)c(-n3nccn3)sc21.SI. The van der Waals surface area contributed by atoms with E-state index in [0.29, 0.717) is 32.1 Å². The minimum Gasteiger partial charge on any atom is -0.496 e. The van der Waals surface area contributed by atoms with Crippen molar-refractivity contribution in [3.8, 4) is 10.8 Å². The molecule has 224 valence electrons. The van der Waals surface area contributed by atoms with Crippen molar-refractivity contribution in [2.24, 2.45) is 0 Å². The first-order valence-electron chi connectivity index (χ1n) is 12.5. The summed E-state index contributed by atoms with van der Waals surface area (Å²) in [5, 5.41) is 20.0. The highest BCUT2D eigenvalue weighted by Gasteiger charge is 2.23. The van der Waals surface area contributed by atoms with Crippen molar-refractivity contribution in [1.29, 1.82) is 0 Å². The number of thiol groups is 1. The summed E-state index contributed by atoms with van der Waals surface area (Å²) >= 11 is 3.05. The number of thiophene rings is 1. The number of ether oxygens (including phenoxy) is 1. The van der Waals surface area contributed by atoms with Gasteiger partial charge in [-0.1, -0.05) is 11.3 Å². The predicted octanol–water partition coefficient (Wildman–Crippen LogP) is 3.68. The van der Waals surface area contributed by atoms with Gasteiger partial charge in [0.05, 0.1) is 24.9 Å². The molecule has 3 heterocycles. The average Bonchev–Trinajstić information content (AvgIpc) is 3.55. The molecule has 1 amide bonds. The second-order valence-electron chi connectivity index (χ2n) is 9.38. The van der Waals surface area contributed by atoms with E-state index in [0.717, 1.165) is 4.57 Å². The molecule has 0 aliphatic carbocycles. The molecule has 4 rings (SSSR count). The summed E-state index contributed by atoms with van der Waals surface area (Å²) in [6, 6.07) is 4.03. The molecule has 0 bridgehead atoms. The zero-order chi connectivity index (χ0) is 30.9. The van der Waals surface area contributed by atoms with Gasteiger partial charge < -0.3 is 15.2 Å². The molecule has 0 aliphatic heterocycles. The number of aromatic nitrogens is 5. The fourth-order valence-corrected chi connectivity index (χ4v) is 5.15. The molecule has 0 saturated carbocycles. The second-order valence-corrected chi connectivity index (χ2v) is 10.4. The van der Waals surface area contributed by atoms with Crippen molar-refractivity contribution in [3.05, 3.63) is 68.4 Å². The van der Waals surface area contributed by atoms with E-state index < -0.39 is 29.5 Å². The van der Waals surface area contributed by atoms with E-state index >= 15 is 0 Å². The van der Waals surface area contributed by atoms with E-state index in [4.69, 9.17) is 9.84 Å². The van der Waals surface area contributed by atoms with Crippen LogP contribution in [0.4, 0.5) is 4.39 Å². The molecular formula is C26H34FIN6O5S2. The van der Waals surface area contributed by atoms with Crippen molar-refractivity contribution in [2.75, 3.05) is 7.11 Å². The molecule has 0 saturated heterocycles. The number of hydrogen-bond acceptors (Lipinski definition) is 9. The molecule has 2 N–H and O–H groups in total. The molecular weight excluding hydrogens is 686 g/mol. The van der Waals surface area contributed by atoms with Gasteiger partial charge in [-0.25, -0.2) is 9.18 Å². The first-order chi connectivity index (χ1) is 19.4. The van der Waals surface area contributed by atoms with Crippen LogP contribution in [-0.2, 0) is 24.3 Å². The zero-order valence-electron chi connectivity index (χ0n) is 23.6. The van der Waals surface area contributed by atoms with Crippen LogP contribution in [0.5, 0.6) is 5.75 Å². The maximum Gasteiger partial charge on any atom is 0.332 e. The summed E-state index contributed by atoms with van der Waals surface area (Å²) in [5.74, 6) is -0.379. The smallest absolute Gasteiger partial charge is 0.332 e.